The van der Waals surface area contributed by atoms with Crippen LogP contribution in [0.25, 0.3) is 0 Å². The molecule has 0 radical (unpaired) electrons. The van der Waals surface area contributed by atoms with Crippen molar-refractivity contribution < 1.29 is 4.74 Å². The fourth-order valence-corrected chi connectivity index (χ4v) is 1.81. The highest BCUT2D eigenvalue weighted by atomic mass is 35.5. The maximum absolute atomic E-state index is 5.88. The van der Waals surface area contributed by atoms with Crippen molar-refractivity contribution in [3.8, 4) is 5.75 Å². The van der Waals surface area contributed by atoms with Crippen LogP contribution >= 0.6 is 23.2 Å². The van der Waals surface area contributed by atoms with Crippen LogP contribution in [-0.2, 0) is 0 Å². The number of halogens is 2. The monoisotopic (exact) mass is 281 g/mol. The first-order valence-electron chi connectivity index (χ1n) is 5.62. The molecule has 2 rings (SSSR count). The van der Waals surface area contributed by atoms with E-state index in [2.05, 4.69) is 5.32 Å². The zero-order valence-electron chi connectivity index (χ0n) is 9.70. The molecule has 0 saturated carbocycles. The predicted octanol–water partition coefficient (Wildman–Crippen LogP) is 4.48. The first-order valence-corrected chi connectivity index (χ1v) is 6.37. The third-order valence-corrected chi connectivity index (χ3v) is 2.83. The van der Waals surface area contributed by atoms with Gasteiger partial charge in [0.25, 0.3) is 0 Å². The van der Waals surface area contributed by atoms with Gasteiger partial charge in [-0.25, -0.2) is 0 Å². The Balaban J connectivity index is 1.74. The third kappa shape index (κ3) is 4.13. The van der Waals surface area contributed by atoms with Crippen LogP contribution < -0.4 is 10.1 Å². The lowest BCUT2D eigenvalue weighted by molar-refractivity contribution is 0.333. The Morgan fingerprint density at radius 2 is 1.72 bits per heavy atom. The van der Waals surface area contributed by atoms with E-state index in [1.165, 1.54) is 0 Å². The molecule has 0 aliphatic heterocycles. The Morgan fingerprint density at radius 3 is 2.44 bits per heavy atom. The highest BCUT2D eigenvalue weighted by Gasteiger charge is 1.95. The highest BCUT2D eigenvalue weighted by molar-refractivity contribution is 6.31. The van der Waals surface area contributed by atoms with Gasteiger partial charge in [0.15, 0.2) is 0 Å². The maximum atomic E-state index is 5.88. The van der Waals surface area contributed by atoms with Crippen molar-refractivity contribution in [2.24, 2.45) is 0 Å². The molecule has 1 N–H and O–H groups in total. The number of ether oxygens (including phenoxy) is 1. The van der Waals surface area contributed by atoms with E-state index in [1.807, 2.05) is 36.4 Å². The molecular weight excluding hydrogens is 269 g/mol. The molecular formula is C14H13Cl2NO. The fourth-order valence-electron chi connectivity index (χ4n) is 1.49. The molecule has 2 aromatic carbocycles. The molecule has 0 aliphatic rings. The molecule has 0 atom stereocenters. The lowest BCUT2D eigenvalue weighted by Crippen LogP contribution is -2.11. The second-order valence-electron chi connectivity index (χ2n) is 3.74. The van der Waals surface area contributed by atoms with Crippen LogP contribution in [-0.4, -0.2) is 13.2 Å². The molecule has 0 spiro atoms. The first kappa shape index (κ1) is 13.1. The average molecular weight is 282 g/mol. The molecule has 2 aromatic rings. The lowest BCUT2D eigenvalue weighted by Gasteiger charge is -2.08. The number of anilines is 1. The van der Waals surface area contributed by atoms with Crippen molar-refractivity contribution in [3.05, 3.63) is 58.6 Å². The average Bonchev–Trinajstić information content (AvgIpc) is 2.37. The Bertz CT molecular complexity index is 499. The summed E-state index contributed by atoms with van der Waals surface area (Å²) in [5.74, 6) is 0.812. The van der Waals surface area contributed by atoms with Gasteiger partial charge in [-0.15, -0.1) is 0 Å². The molecule has 2 nitrogen and oxygen atoms in total. The van der Waals surface area contributed by atoms with E-state index in [9.17, 15) is 0 Å². The van der Waals surface area contributed by atoms with E-state index in [0.29, 0.717) is 18.2 Å². The van der Waals surface area contributed by atoms with Crippen LogP contribution in [0.5, 0.6) is 5.75 Å². The predicted molar refractivity (Wildman–Crippen MR) is 76.9 cm³/mol. The second-order valence-corrected chi connectivity index (χ2v) is 4.61. The zero-order chi connectivity index (χ0) is 12.8. The van der Waals surface area contributed by atoms with E-state index in [-0.39, 0.29) is 0 Å². The van der Waals surface area contributed by atoms with Crippen molar-refractivity contribution >= 4 is 28.9 Å². The highest BCUT2D eigenvalue weighted by Crippen LogP contribution is 2.16. The molecule has 0 saturated heterocycles. The molecule has 0 unspecified atom stereocenters. The van der Waals surface area contributed by atoms with Crippen LogP contribution in [0.15, 0.2) is 48.5 Å². The summed E-state index contributed by atoms with van der Waals surface area (Å²) in [5, 5.41) is 4.66. The minimum atomic E-state index is 0.578. The van der Waals surface area contributed by atoms with E-state index in [1.54, 1.807) is 12.1 Å². The number of rotatable bonds is 5. The Kier molecular flexibility index (Phi) is 4.73. The summed E-state index contributed by atoms with van der Waals surface area (Å²) in [4.78, 5) is 0. The molecule has 0 heterocycles. The largest absolute Gasteiger partial charge is 0.492 e. The molecule has 4 heteroatoms. The van der Waals surface area contributed by atoms with Gasteiger partial charge < -0.3 is 10.1 Å². The number of hydrogen-bond acceptors (Lipinski definition) is 2. The SMILES string of the molecule is Clc1ccc(OCCNc2cccc(Cl)c2)cc1. The Morgan fingerprint density at radius 1 is 0.944 bits per heavy atom. The molecule has 0 fully saturated rings. The number of benzene rings is 2. The van der Waals surface area contributed by atoms with Crippen LogP contribution in [0.2, 0.25) is 10.0 Å². The normalized spacial score (nSPS) is 10.1. The summed E-state index contributed by atoms with van der Waals surface area (Å²) in [6.07, 6.45) is 0. The second kappa shape index (κ2) is 6.53. The summed E-state index contributed by atoms with van der Waals surface area (Å²) >= 11 is 11.7. The van der Waals surface area contributed by atoms with Gasteiger partial charge in [-0.2, -0.15) is 0 Å². The summed E-state index contributed by atoms with van der Waals surface area (Å²) in [5.41, 5.74) is 0.988. The van der Waals surface area contributed by atoms with E-state index in [4.69, 9.17) is 27.9 Å². The summed E-state index contributed by atoms with van der Waals surface area (Å²) in [7, 11) is 0. The number of hydrogen-bond donors (Lipinski definition) is 1. The fraction of sp³-hybridized carbons (Fsp3) is 0.143. The van der Waals surface area contributed by atoms with Crippen molar-refractivity contribution in [2.45, 2.75) is 0 Å². The Labute approximate surface area is 116 Å². The maximum Gasteiger partial charge on any atom is 0.119 e. The van der Waals surface area contributed by atoms with Gasteiger partial charge >= 0.3 is 0 Å². The van der Waals surface area contributed by atoms with Gasteiger partial charge in [-0.05, 0) is 42.5 Å². The first-order chi connectivity index (χ1) is 8.74. The van der Waals surface area contributed by atoms with E-state index in [0.717, 1.165) is 16.5 Å². The van der Waals surface area contributed by atoms with Gasteiger partial charge in [0.05, 0.1) is 0 Å². The summed E-state index contributed by atoms with van der Waals surface area (Å²) < 4.78 is 5.56. The van der Waals surface area contributed by atoms with Gasteiger partial charge in [0.2, 0.25) is 0 Å². The quantitative estimate of drug-likeness (QED) is 0.816. The van der Waals surface area contributed by atoms with Gasteiger partial charge in [0.1, 0.15) is 12.4 Å². The van der Waals surface area contributed by atoms with Gasteiger partial charge in [-0.1, -0.05) is 29.3 Å². The molecule has 94 valence electrons. The molecule has 0 amide bonds. The van der Waals surface area contributed by atoms with Crippen LogP contribution in [0.4, 0.5) is 5.69 Å². The number of nitrogens with one attached hydrogen (secondary N) is 1. The van der Waals surface area contributed by atoms with Crippen LogP contribution in [0, 0.1) is 0 Å². The van der Waals surface area contributed by atoms with Gasteiger partial charge in [0, 0.05) is 22.3 Å². The molecule has 0 aromatic heterocycles. The van der Waals surface area contributed by atoms with Crippen molar-refractivity contribution in [1.29, 1.82) is 0 Å². The van der Waals surface area contributed by atoms with Crippen LogP contribution in [0.3, 0.4) is 0 Å². The van der Waals surface area contributed by atoms with Gasteiger partial charge in [-0.3, -0.25) is 0 Å². The third-order valence-electron chi connectivity index (χ3n) is 2.34. The zero-order valence-corrected chi connectivity index (χ0v) is 11.2. The minimum Gasteiger partial charge on any atom is -0.492 e. The molecule has 0 bridgehead atoms. The Hall–Kier alpha value is -1.38. The lowest BCUT2D eigenvalue weighted by atomic mass is 10.3. The van der Waals surface area contributed by atoms with Crippen molar-refractivity contribution in [2.75, 3.05) is 18.5 Å². The van der Waals surface area contributed by atoms with Crippen molar-refractivity contribution in [3.63, 3.8) is 0 Å². The minimum absolute atomic E-state index is 0.578. The summed E-state index contributed by atoms with van der Waals surface area (Å²) in [6, 6.07) is 14.9. The standard InChI is InChI=1S/C14H13Cl2NO/c15-11-4-6-14(7-5-11)18-9-8-17-13-3-1-2-12(16)10-13/h1-7,10,17H,8-9H2. The topological polar surface area (TPSA) is 21.3 Å². The van der Waals surface area contributed by atoms with E-state index >= 15 is 0 Å². The van der Waals surface area contributed by atoms with Crippen molar-refractivity contribution in [1.82, 2.24) is 0 Å². The molecule has 0 aliphatic carbocycles. The summed E-state index contributed by atoms with van der Waals surface area (Å²) in [6.45, 7) is 1.29. The molecule has 18 heavy (non-hydrogen) atoms. The van der Waals surface area contributed by atoms with E-state index < -0.39 is 0 Å². The smallest absolute Gasteiger partial charge is 0.119 e. The van der Waals surface area contributed by atoms with Crippen LogP contribution in [0.1, 0.15) is 0 Å².